The number of carbonyl (C=O) groups excluding carboxylic acids is 2. The summed E-state index contributed by atoms with van der Waals surface area (Å²) in [6.45, 7) is 3.94. The van der Waals surface area contributed by atoms with Gasteiger partial charge in [-0.1, -0.05) is 0 Å². The lowest BCUT2D eigenvalue weighted by molar-refractivity contribution is 0.0531. The molecule has 2 N–H and O–H groups in total. The molecule has 18 heavy (non-hydrogen) atoms. The highest BCUT2D eigenvalue weighted by atomic mass is 32.1. The van der Waals surface area contributed by atoms with E-state index in [1.807, 2.05) is 6.92 Å². The Morgan fingerprint density at radius 2 is 2.22 bits per heavy atom. The maximum Gasteiger partial charge on any atom is 0.348 e. The average molecular weight is 268 g/mol. The van der Waals surface area contributed by atoms with Crippen molar-refractivity contribution in [2.24, 2.45) is 0 Å². The van der Waals surface area contributed by atoms with E-state index in [-0.39, 0.29) is 12.0 Å². The summed E-state index contributed by atoms with van der Waals surface area (Å²) in [5, 5.41) is 6.22. The van der Waals surface area contributed by atoms with Crippen LogP contribution in [0.2, 0.25) is 0 Å². The SMILES string of the molecule is CCOC(=O)c1sc(NC(=O)NC2CC2)cc1C. The fourth-order valence-electron chi connectivity index (χ4n) is 1.50. The van der Waals surface area contributed by atoms with Crippen LogP contribution in [0, 0.1) is 6.92 Å². The maximum absolute atomic E-state index is 11.6. The minimum atomic E-state index is -0.337. The molecule has 98 valence electrons. The molecule has 0 bridgehead atoms. The largest absolute Gasteiger partial charge is 0.462 e. The molecule has 1 aliphatic carbocycles. The normalized spacial score (nSPS) is 14.1. The summed E-state index contributed by atoms with van der Waals surface area (Å²) in [6, 6.07) is 1.88. The van der Waals surface area contributed by atoms with Crippen molar-refractivity contribution < 1.29 is 14.3 Å². The summed E-state index contributed by atoms with van der Waals surface area (Å²) in [5.41, 5.74) is 0.820. The predicted molar refractivity (Wildman–Crippen MR) is 70.2 cm³/mol. The van der Waals surface area contributed by atoms with Crippen LogP contribution in [0.3, 0.4) is 0 Å². The van der Waals surface area contributed by atoms with Gasteiger partial charge in [-0.3, -0.25) is 5.32 Å². The Morgan fingerprint density at radius 3 is 2.83 bits per heavy atom. The van der Waals surface area contributed by atoms with Crippen molar-refractivity contribution in [2.75, 3.05) is 11.9 Å². The van der Waals surface area contributed by atoms with Gasteiger partial charge in [0.15, 0.2) is 0 Å². The highest BCUT2D eigenvalue weighted by Crippen LogP contribution is 2.27. The van der Waals surface area contributed by atoms with Crippen LogP contribution in [0.25, 0.3) is 0 Å². The molecule has 5 nitrogen and oxygen atoms in total. The van der Waals surface area contributed by atoms with E-state index < -0.39 is 0 Å². The van der Waals surface area contributed by atoms with E-state index in [0.29, 0.717) is 22.5 Å². The second kappa shape index (κ2) is 5.39. The number of ether oxygens (including phenoxy) is 1. The van der Waals surface area contributed by atoms with Gasteiger partial charge < -0.3 is 10.1 Å². The molecular weight excluding hydrogens is 252 g/mol. The topological polar surface area (TPSA) is 67.4 Å². The molecule has 1 fully saturated rings. The Morgan fingerprint density at radius 1 is 1.50 bits per heavy atom. The number of rotatable bonds is 4. The number of hydrogen-bond donors (Lipinski definition) is 2. The van der Waals surface area contributed by atoms with E-state index in [9.17, 15) is 9.59 Å². The first-order valence-corrected chi connectivity index (χ1v) is 6.77. The van der Waals surface area contributed by atoms with E-state index in [2.05, 4.69) is 10.6 Å². The zero-order valence-electron chi connectivity index (χ0n) is 10.4. The number of carbonyl (C=O) groups is 2. The Kier molecular flexibility index (Phi) is 3.86. The van der Waals surface area contributed by atoms with E-state index in [1.165, 1.54) is 11.3 Å². The maximum atomic E-state index is 11.6. The number of anilines is 1. The van der Waals surface area contributed by atoms with Crippen LogP contribution < -0.4 is 10.6 Å². The third-order valence-corrected chi connectivity index (χ3v) is 3.66. The molecule has 1 saturated carbocycles. The van der Waals surface area contributed by atoms with Crippen LogP contribution in [0.1, 0.15) is 35.0 Å². The molecule has 0 radical (unpaired) electrons. The Balaban J connectivity index is 1.98. The van der Waals surface area contributed by atoms with Gasteiger partial charge in [0, 0.05) is 6.04 Å². The van der Waals surface area contributed by atoms with E-state index in [4.69, 9.17) is 4.74 Å². The highest BCUT2D eigenvalue weighted by Gasteiger charge is 2.23. The second-order valence-corrected chi connectivity index (χ2v) is 5.27. The molecule has 2 amide bonds. The van der Waals surface area contributed by atoms with Crippen LogP contribution in [-0.4, -0.2) is 24.6 Å². The van der Waals surface area contributed by atoms with Gasteiger partial charge in [-0.05, 0) is 38.3 Å². The number of thiophene rings is 1. The van der Waals surface area contributed by atoms with Crippen molar-refractivity contribution in [3.05, 3.63) is 16.5 Å². The van der Waals surface area contributed by atoms with Crippen molar-refractivity contribution in [1.29, 1.82) is 0 Å². The smallest absolute Gasteiger partial charge is 0.348 e. The lowest BCUT2D eigenvalue weighted by Crippen LogP contribution is -2.29. The van der Waals surface area contributed by atoms with Crippen molar-refractivity contribution in [2.45, 2.75) is 32.7 Å². The highest BCUT2D eigenvalue weighted by molar-refractivity contribution is 7.18. The van der Waals surface area contributed by atoms with Gasteiger partial charge in [0.05, 0.1) is 11.6 Å². The van der Waals surface area contributed by atoms with Gasteiger partial charge in [0.25, 0.3) is 0 Å². The first kappa shape index (κ1) is 12.9. The molecule has 1 heterocycles. The van der Waals surface area contributed by atoms with E-state index >= 15 is 0 Å². The molecule has 1 aliphatic rings. The zero-order chi connectivity index (χ0) is 13.1. The zero-order valence-corrected chi connectivity index (χ0v) is 11.2. The van der Waals surface area contributed by atoms with Gasteiger partial charge in [-0.25, -0.2) is 9.59 Å². The molecule has 0 aromatic carbocycles. The summed E-state index contributed by atoms with van der Waals surface area (Å²) in [6.07, 6.45) is 2.09. The van der Waals surface area contributed by atoms with Crippen LogP contribution >= 0.6 is 11.3 Å². The minimum absolute atomic E-state index is 0.214. The molecule has 0 aliphatic heterocycles. The Labute approximate surface area is 110 Å². The second-order valence-electron chi connectivity index (χ2n) is 4.22. The van der Waals surface area contributed by atoms with Crippen molar-refractivity contribution in [1.82, 2.24) is 5.32 Å². The minimum Gasteiger partial charge on any atom is -0.462 e. The van der Waals surface area contributed by atoms with Crippen LogP contribution in [-0.2, 0) is 4.74 Å². The molecule has 1 aromatic rings. The molecule has 2 rings (SSSR count). The number of esters is 1. The molecule has 0 unspecified atom stereocenters. The van der Waals surface area contributed by atoms with Crippen molar-refractivity contribution >= 4 is 28.3 Å². The summed E-state index contributed by atoms with van der Waals surface area (Å²) in [4.78, 5) is 23.7. The first-order valence-electron chi connectivity index (χ1n) is 5.95. The molecule has 1 aromatic heterocycles. The molecule has 0 spiro atoms. The quantitative estimate of drug-likeness (QED) is 0.824. The van der Waals surface area contributed by atoms with E-state index in [1.54, 1.807) is 13.0 Å². The summed E-state index contributed by atoms with van der Waals surface area (Å²) in [7, 11) is 0. The van der Waals surface area contributed by atoms with Gasteiger partial charge in [-0.15, -0.1) is 11.3 Å². The predicted octanol–water partition coefficient (Wildman–Crippen LogP) is 2.52. The lowest BCUT2D eigenvalue weighted by atomic mass is 10.3. The van der Waals surface area contributed by atoms with Crippen molar-refractivity contribution in [3.8, 4) is 0 Å². The molecule has 6 heteroatoms. The summed E-state index contributed by atoms with van der Waals surface area (Å²) >= 11 is 1.24. The Bertz CT molecular complexity index is 466. The molecule has 0 atom stereocenters. The fourth-order valence-corrected chi connectivity index (χ4v) is 2.47. The number of hydrogen-bond acceptors (Lipinski definition) is 4. The third kappa shape index (κ3) is 3.22. The lowest BCUT2D eigenvalue weighted by Gasteiger charge is -2.03. The van der Waals surface area contributed by atoms with Gasteiger partial charge in [0.1, 0.15) is 4.88 Å². The number of aryl methyl sites for hydroxylation is 1. The number of urea groups is 1. The number of amides is 2. The first-order chi connectivity index (χ1) is 8.60. The van der Waals surface area contributed by atoms with Crippen LogP contribution in [0.15, 0.2) is 6.07 Å². The average Bonchev–Trinajstić information content (AvgIpc) is 3.02. The third-order valence-electron chi connectivity index (χ3n) is 2.53. The monoisotopic (exact) mass is 268 g/mol. The van der Waals surface area contributed by atoms with Crippen LogP contribution in [0.4, 0.5) is 9.80 Å². The standard InChI is InChI=1S/C12H16N2O3S/c1-3-17-11(15)10-7(2)6-9(18-10)14-12(16)13-8-4-5-8/h6,8H,3-5H2,1-2H3,(H2,13,14,16). The number of nitrogens with one attached hydrogen (secondary N) is 2. The Hall–Kier alpha value is -1.56. The van der Waals surface area contributed by atoms with Gasteiger partial charge in [0.2, 0.25) is 0 Å². The van der Waals surface area contributed by atoms with E-state index in [0.717, 1.165) is 18.4 Å². The molecular formula is C12H16N2O3S. The van der Waals surface area contributed by atoms with Gasteiger partial charge in [-0.2, -0.15) is 0 Å². The van der Waals surface area contributed by atoms with Crippen LogP contribution in [0.5, 0.6) is 0 Å². The molecule has 0 saturated heterocycles. The van der Waals surface area contributed by atoms with Gasteiger partial charge >= 0.3 is 12.0 Å². The van der Waals surface area contributed by atoms with Crippen molar-refractivity contribution in [3.63, 3.8) is 0 Å². The summed E-state index contributed by atoms with van der Waals surface area (Å²) < 4.78 is 4.94. The fraction of sp³-hybridized carbons (Fsp3) is 0.500. The summed E-state index contributed by atoms with van der Waals surface area (Å²) in [5.74, 6) is -0.337.